The number of rotatable bonds is 5. The average molecular weight is 333 g/mol. The van der Waals surface area contributed by atoms with Crippen LogP contribution in [0.4, 0.5) is 10.1 Å². The second-order valence-electron chi connectivity index (χ2n) is 6.01. The van der Waals surface area contributed by atoms with Crippen LogP contribution in [0.25, 0.3) is 0 Å². The van der Waals surface area contributed by atoms with E-state index in [1.165, 1.54) is 11.6 Å². The smallest absolute Gasteiger partial charge is 0.255 e. The molecule has 2 nitrogen and oxygen atoms in total. The monoisotopic (exact) mass is 333 g/mol. The molecule has 0 saturated heterocycles. The Morgan fingerprint density at radius 1 is 0.880 bits per heavy atom. The Morgan fingerprint density at radius 2 is 1.60 bits per heavy atom. The highest BCUT2D eigenvalue weighted by Crippen LogP contribution is 2.20. The minimum absolute atomic E-state index is 0.211. The van der Waals surface area contributed by atoms with E-state index in [-0.39, 0.29) is 11.7 Å². The normalized spacial score (nSPS) is 10.5. The molecule has 3 heteroatoms. The SMILES string of the molecule is Cc1c(F)cccc1NC(=O)c1ccccc1CCc1ccccc1. The van der Waals surface area contributed by atoms with Crippen molar-refractivity contribution in [2.45, 2.75) is 19.8 Å². The number of aryl methyl sites for hydroxylation is 2. The summed E-state index contributed by atoms with van der Waals surface area (Å²) in [5, 5.41) is 2.83. The third-order valence-corrected chi connectivity index (χ3v) is 4.30. The topological polar surface area (TPSA) is 29.1 Å². The fraction of sp³-hybridized carbons (Fsp3) is 0.136. The lowest BCUT2D eigenvalue weighted by Crippen LogP contribution is -2.15. The summed E-state index contributed by atoms with van der Waals surface area (Å²) in [6, 6.07) is 22.4. The number of halogens is 1. The molecule has 0 fully saturated rings. The van der Waals surface area contributed by atoms with Crippen molar-refractivity contribution < 1.29 is 9.18 Å². The van der Waals surface area contributed by atoms with Gasteiger partial charge in [0.2, 0.25) is 0 Å². The van der Waals surface area contributed by atoms with E-state index in [2.05, 4.69) is 17.4 Å². The van der Waals surface area contributed by atoms with Gasteiger partial charge in [-0.1, -0.05) is 54.6 Å². The minimum Gasteiger partial charge on any atom is -0.322 e. The quantitative estimate of drug-likeness (QED) is 0.685. The predicted molar refractivity (Wildman–Crippen MR) is 99.4 cm³/mol. The van der Waals surface area contributed by atoms with Gasteiger partial charge in [0.15, 0.2) is 0 Å². The third kappa shape index (κ3) is 4.13. The van der Waals surface area contributed by atoms with E-state index in [1.807, 2.05) is 42.5 Å². The maximum Gasteiger partial charge on any atom is 0.255 e. The summed E-state index contributed by atoms with van der Waals surface area (Å²) in [5.74, 6) is -0.535. The van der Waals surface area contributed by atoms with E-state index < -0.39 is 0 Å². The Bertz CT molecular complexity index is 874. The van der Waals surface area contributed by atoms with E-state index in [0.717, 1.165) is 18.4 Å². The molecule has 0 aromatic heterocycles. The fourth-order valence-corrected chi connectivity index (χ4v) is 2.82. The largest absolute Gasteiger partial charge is 0.322 e. The van der Waals surface area contributed by atoms with Crippen LogP contribution >= 0.6 is 0 Å². The number of carbonyl (C=O) groups is 1. The van der Waals surface area contributed by atoms with Crippen LogP contribution in [-0.2, 0) is 12.8 Å². The van der Waals surface area contributed by atoms with Gasteiger partial charge in [-0.3, -0.25) is 4.79 Å². The molecule has 0 unspecified atom stereocenters. The summed E-state index contributed by atoms with van der Waals surface area (Å²) in [6.45, 7) is 1.66. The van der Waals surface area contributed by atoms with Crippen molar-refractivity contribution in [3.63, 3.8) is 0 Å². The molecule has 0 aliphatic rings. The Balaban J connectivity index is 1.78. The van der Waals surface area contributed by atoms with Crippen molar-refractivity contribution in [3.8, 4) is 0 Å². The van der Waals surface area contributed by atoms with Gasteiger partial charge in [-0.15, -0.1) is 0 Å². The van der Waals surface area contributed by atoms with Crippen LogP contribution in [0, 0.1) is 12.7 Å². The van der Waals surface area contributed by atoms with Crippen LogP contribution in [0.2, 0.25) is 0 Å². The molecule has 25 heavy (non-hydrogen) atoms. The van der Waals surface area contributed by atoms with E-state index in [4.69, 9.17) is 0 Å². The van der Waals surface area contributed by atoms with Crippen molar-refractivity contribution >= 4 is 11.6 Å². The molecule has 0 radical (unpaired) electrons. The summed E-state index contributed by atoms with van der Waals surface area (Å²) in [4.78, 5) is 12.7. The van der Waals surface area contributed by atoms with Gasteiger partial charge in [-0.05, 0) is 49.1 Å². The highest BCUT2D eigenvalue weighted by atomic mass is 19.1. The summed E-state index contributed by atoms with van der Waals surface area (Å²) in [5.41, 5.74) is 3.79. The Morgan fingerprint density at radius 3 is 2.40 bits per heavy atom. The summed E-state index contributed by atoms with van der Waals surface area (Å²) >= 11 is 0. The molecule has 3 aromatic rings. The van der Waals surface area contributed by atoms with Gasteiger partial charge < -0.3 is 5.32 Å². The van der Waals surface area contributed by atoms with Crippen LogP contribution in [0.3, 0.4) is 0 Å². The number of anilines is 1. The molecular formula is C22H20FNO. The van der Waals surface area contributed by atoms with Crippen molar-refractivity contribution in [2.75, 3.05) is 5.32 Å². The number of amides is 1. The van der Waals surface area contributed by atoms with Crippen LogP contribution in [0.5, 0.6) is 0 Å². The maximum atomic E-state index is 13.7. The highest BCUT2D eigenvalue weighted by molar-refractivity contribution is 6.05. The van der Waals surface area contributed by atoms with Crippen molar-refractivity contribution in [2.24, 2.45) is 0 Å². The van der Waals surface area contributed by atoms with E-state index >= 15 is 0 Å². The molecule has 1 N–H and O–H groups in total. The molecule has 1 amide bonds. The highest BCUT2D eigenvalue weighted by Gasteiger charge is 2.13. The average Bonchev–Trinajstić information content (AvgIpc) is 2.65. The first-order valence-electron chi connectivity index (χ1n) is 8.33. The maximum absolute atomic E-state index is 13.7. The lowest BCUT2D eigenvalue weighted by molar-refractivity contribution is 0.102. The molecule has 0 bridgehead atoms. The lowest BCUT2D eigenvalue weighted by Gasteiger charge is -2.12. The number of benzene rings is 3. The van der Waals surface area contributed by atoms with Crippen molar-refractivity contribution in [3.05, 3.63) is 101 Å². The van der Waals surface area contributed by atoms with E-state index in [1.54, 1.807) is 19.1 Å². The molecular weight excluding hydrogens is 313 g/mol. The Labute approximate surface area is 147 Å². The first kappa shape index (κ1) is 16.9. The van der Waals surface area contributed by atoms with Crippen LogP contribution in [-0.4, -0.2) is 5.91 Å². The molecule has 0 atom stereocenters. The summed E-state index contributed by atoms with van der Waals surface area (Å²) < 4.78 is 13.7. The van der Waals surface area contributed by atoms with Crippen molar-refractivity contribution in [1.29, 1.82) is 0 Å². The molecule has 0 spiro atoms. The van der Waals surface area contributed by atoms with Crippen LogP contribution in [0.15, 0.2) is 72.8 Å². The second kappa shape index (κ2) is 7.75. The summed E-state index contributed by atoms with van der Waals surface area (Å²) in [7, 11) is 0. The van der Waals surface area contributed by atoms with E-state index in [9.17, 15) is 9.18 Å². The van der Waals surface area contributed by atoms with Gasteiger partial charge in [-0.25, -0.2) is 4.39 Å². The number of nitrogens with one attached hydrogen (secondary N) is 1. The van der Waals surface area contributed by atoms with Crippen LogP contribution < -0.4 is 5.32 Å². The lowest BCUT2D eigenvalue weighted by atomic mass is 9.99. The number of hydrogen-bond donors (Lipinski definition) is 1. The van der Waals surface area contributed by atoms with Gasteiger partial charge >= 0.3 is 0 Å². The predicted octanol–water partition coefficient (Wildman–Crippen LogP) is 5.17. The Hall–Kier alpha value is -2.94. The first-order valence-corrected chi connectivity index (χ1v) is 8.33. The zero-order chi connectivity index (χ0) is 17.6. The van der Waals surface area contributed by atoms with Gasteiger partial charge in [0.25, 0.3) is 5.91 Å². The number of carbonyl (C=O) groups excluding carboxylic acids is 1. The standard InChI is InChI=1S/C22H20FNO/c1-16-20(23)12-7-13-21(16)24-22(25)19-11-6-5-10-18(19)15-14-17-8-3-2-4-9-17/h2-13H,14-15H2,1H3,(H,24,25). The zero-order valence-corrected chi connectivity index (χ0v) is 14.1. The van der Waals surface area contributed by atoms with E-state index in [0.29, 0.717) is 16.8 Å². The Kier molecular flexibility index (Phi) is 5.24. The molecule has 0 heterocycles. The third-order valence-electron chi connectivity index (χ3n) is 4.30. The summed E-state index contributed by atoms with van der Waals surface area (Å²) in [6.07, 6.45) is 1.64. The van der Waals surface area contributed by atoms with Gasteiger partial charge in [0.1, 0.15) is 5.82 Å². The van der Waals surface area contributed by atoms with Crippen LogP contribution in [0.1, 0.15) is 27.0 Å². The fourth-order valence-electron chi connectivity index (χ4n) is 2.82. The molecule has 126 valence electrons. The molecule has 0 aliphatic carbocycles. The minimum atomic E-state index is -0.324. The van der Waals surface area contributed by atoms with Gasteiger partial charge in [-0.2, -0.15) is 0 Å². The van der Waals surface area contributed by atoms with Gasteiger partial charge in [0.05, 0.1) is 0 Å². The van der Waals surface area contributed by atoms with Gasteiger partial charge in [0, 0.05) is 16.8 Å². The first-order chi connectivity index (χ1) is 12.1. The molecule has 3 aromatic carbocycles. The molecule has 3 rings (SSSR count). The zero-order valence-electron chi connectivity index (χ0n) is 14.1. The molecule has 0 aliphatic heterocycles. The second-order valence-corrected chi connectivity index (χ2v) is 6.01. The number of hydrogen-bond acceptors (Lipinski definition) is 1. The van der Waals surface area contributed by atoms with Crippen molar-refractivity contribution in [1.82, 2.24) is 0 Å². The molecule has 0 saturated carbocycles.